The average molecular weight is 335 g/mol. The van der Waals surface area contributed by atoms with Gasteiger partial charge in [0.05, 0.1) is 4.88 Å². The molecule has 5 heteroatoms. The topological polar surface area (TPSA) is 46.3 Å². The molecule has 0 saturated carbocycles. The molecule has 1 fully saturated rings. The minimum absolute atomic E-state index is 0.119. The highest BCUT2D eigenvalue weighted by Crippen LogP contribution is 2.31. The van der Waals surface area contributed by atoms with Crippen LogP contribution in [0, 0.1) is 5.92 Å². The zero-order valence-corrected chi connectivity index (χ0v) is 14.0. The van der Waals surface area contributed by atoms with Crippen LogP contribution in [0.2, 0.25) is 5.02 Å². The summed E-state index contributed by atoms with van der Waals surface area (Å²) in [7, 11) is 0. The second kappa shape index (κ2) is 6.41. The molecule has 1 aliphatic rings. The number of rotatable bonds is 3. The van der Waals surface area contributed by atoms with Crippen LogP contribution in [0.1, 0.15) is 23.0 Å². The van der Waals surface area contributed by atoms with E-state index >= 15 is 0 Å². The van der Waals surface area contributed by atoms with Crippen LogP contribution in [0.5, 0.6) is 0 Å². The van der Waals surface area contributed by atoms with E-state index in [9.17, 15) is 4.79 Å². The lowest BCUT2D eigenvalue weighted by Gasteiger charge is -2.20. The first kappa shape index (κ1) is 15.5. The third-order valence-corrected chi connectivity index (χ3v) is 5.58. The Balaban J connectivity index is 1.79. The fourth-order valence-corrected chi connectivity index (χ4v) is 4.05. The normalized spacial score (nSPS) is 21.3. The maximum atomic E-state index is 12.7. The summed E-state index contributed by atoms with van der Waals surface area (Å²) in [5, 5.41) is 0.718. The molecule has 116 valence electrons. The molecule has 2 heterocycles. The maximum Gasteiger partial charge on any atom is 0.264 e. The lowest BCUT2D eigenvalue weighted by atomic mass is 10.1. The van der Waals surface area contributed by atoms with Crippen molar-refractivity contribution in [3.8, 4) is 10.4 Å². The largest absolute Gasteiger partial charge is 0.335 e. The monoisotopic (exact) mass is 334 g/mol. The number of hydrogen-bond donors (Lipinski definition) is 1. The first-order chi connectivity index (χ1) is 10.6. The number of nitrogens with zero attached hydrogens (tertiary/aromatic N) is 1. The van der Waals surface area contributed by atoms with E-state index in [2.05, 4.69) is 6.92 Å². The van der Waals surface area contributed by atoms with Gasteiger partial charge < -0.3 is 10.6 Å². The third-order valence-electron chi connectivity index (χ3n) is 4.20. The van der Waals surface area contributed by atoms with E-state index in [1.165, 1.54) is 11.3 Å². The summed E-state index contributed by atoms with van der Waals surface area (Å²) < 4.78 is 0. The highest BCUT2D eigenvalue weighted by Gasteiger charge is 2.32. The predicted molar refractivity (Wildman–Crippen MR) is 92.4 cm³/mol. The molecule has 1 amide bonds. The van der Waals surface area contributed by atoms with Gasteiger partial charge in [0.1, 0.15) is 0 Å². The van der Waals surface area contributed by atoms with Gasteiger partial charge >= 0.3 is 0 Å². The van der Waals surface area contributed by atoms with Crippen LogP contribution in [0.15, 0.2) is 36.4 Å². The Bertz CT molecular complexity index is 668. The Morgan fingerprint density at radius 1 is 1.32 bits per heavy atom. The molecular weight excluding hydrogens is 316 g/mol. The number of likely N-dealkylation sites (tertiary alicyclic amines) is 1. The Hall–Kier alpha value is -1.36. The molecular formula is C17H19ClN2OS. The quantitative estimate of drug-likeness (QED) is 0.926. The molecule has 3 nitrogen and oxygen atoms in total. The average Bonchev–Trinajstić information content (AvgIpc) is 3.14. The molecule has 2 unspecified atom stereocenters. The molecule has 0 spiro atoms. The molecule has 0 radical (unpaired) electrons. The van der Waals surface area contributed by atoms with Crippen molar-refractivity contribution in [1.82, 2.24) is 4.90 Å². The van der Waals surface area contributed by atoms with E-state index in [0.717, 1.165) is 33.3 Å². The van der Waals surface area contributed by atoms with Gasteiger partial charge in [0.2, 0.25) is 0 Å². The van der Waals surface area contributed by atoms with Crippen molar-refractivity contribution in [3.05, 3.63) is 46.3 Å². The van der Waals surface area contributed by atoms with E-state index in [1.807, 2.05) is 41.3 Å². The van der Waals surface area contributed by atoms with Gasteiger partial charge in [0.15, 0.2) is 0 Å². The number of amides is 1. The van der Waals surface area contributed by atoms with Crippen LogP contribution in [0.3, 0.4) is 0 Å². The van der Waals surface area contributed by atoms with Gasteiger partial charge in [-0.25, -0.2) is 0 Å². The Kier molecular flexibility index (Phi) is 4.52. The fourth-order valence-electron chi connectivity index (χ4n) is 2.96. The van der Waals surface area contributed by atoms with Gasteiger partial charge in [-0.2, -0.15) is 0 Å². The molecule has 2 N–H and O–H groups in total. The number of thiophene rings is 1. The lowest BCUT2D eigenvalue weighted by molar-refractivity contribution is 0.0748. The van der Waals surface area contributed by atoms with Crippen LogP contribution in [0.4, 0.5) is 0 Å². The first-order valence-electron chi connectivity index (χ1n) is 7.45. The number of carbonyl (C=O) groups is 1. The van der Waals surface area contributed by atoms with Crippen LogP contribution in [-0.4, -0.2) is 29.9 Å². The molecule has 1 aromatic carbocycles. The highest BCUT2D eigenvalue weighted by molar-refractivity contribution is 7.17. The van der Waals surface area contributed by atoms with Crippen LogP contribution >= 0.6 is 22.9 Å². The molecule has 0 bridgehead atoms. The van der Waals surface area contributed by atoms with Gasteiger partial charge in [-0.3, -0.25) is 4.79 Å². The number of carbonyl (C=O) groups excluding carboxylic acids is 1. The number of benzene rings is 1. The Morgan fingerprint density at radius 2 is 2.05 bits per heavy atom. The molecule has 22 heavy (non-hydrogen) atoms. The smallest absolute Gasteiger partial charge is 0.264 e. The molecule has 1 saturated heterocycles. The van der Waals surface area contributed by atoms with Crippen LogP contribution < -0.4 is 5.73 Å². The zero-order chi connectivity index (χ0) is 15.7. The van der Waals surface area contributed by atoms with Crippen molar-refractivity contribution in [2.45, 2.75) is 19.4 Å². The van der Waals surface area contributed by atoms with Crippen molar-refractivity contribution in [2.24, 2.45) is 11.7 Å². The molecule has 1 aliphatic heterocycles. The zero-order valence-electron chi connectivity index (χ0n) is 12.5. The van der Waals surface area contributed by atoms with E-state index in [0.29, 0.717) is 12.5 Å². The van der Waals surface area contributed by atoms with Crippen molar-refractivity contribution >= 4 is 28.8 Å². The van der Waals surface area contributed by atoms with E-state index in [-0.39, 0.29) is 11.9 Å². The maximum absolute atomic E-state index is 12.7. The molecule has 1 aromatic heterocycles. The van der Waals surface area contributed by atoms with Gasteiger partial charge in [0, 0.05) is 22.5 Å². The van der Waals surface area contributed by atoms with Gasteiger partial charge in [-0.05, 0) is 55.6 Å². The number of nitrogens with two attached hydrogens (primary N) is 1. The molecule has 2 aromatic rings. The molecule has 0 aliphatic carbocycles. The Labute approximate surface area is 139 Å². The van der Waals surface area contributed by atoms with E-state index < -0.39 is 0 Å². The minimum Gasteiger partial charge on any atom is -0.335 e. The van der Waals surface area contributed by atoms with Crippen molar-refractivity contribution in [3.63, 3.8) is 0 Å². The summed E-state index contributed by atoms with van der Waals surface area (Å²) in [6.45, 7) is 3.51. The van der Waals surface area contributed by atoms with Crippen LogP contribution in [-0.2, 0) is 0 Å². The summed E-state index contributed by atoms with van der Waals surface area (Å²) in [4.78, 5) is 16.5. The predicted octanol–water partition coefficient (Wildman–Crippen LogP) is 3.88. The Morgan fingerprint density at radius 3 is 2.68 bits per heavy atom. The minimum atomic E-state index is 0.119. The third kappa shape index (κ3) is 3.05. The standard InChI is InChI=1S/C17H19ClN2OS/c1-11-8-12(9-19)10-20(11)17(21)16-7-6-15(22-16)13-2-4-14(18)5-3-13/h2-7,11-12H,8-10,19H2,1H3. The summed E-state index contributed by atoms with van der Waals surface area (Å²) in [5.41, 5.74) is 6.83. The first-order valence-corrected chi connectivity index (χ1v) is 8.64. The molecule has 2 atom stereocenters. The number of halogens is 1. The second-order valence-electron chi connectivity index (χ2n) is 5.81. The van der Waals surface area contributed by atoms with Crippen LogP contribution in [0.25, 0.3) is 10.4 Å². The summed E-state index contributed by atoms with van der Waals surface area (Å²) in [5.74, 6) is 0.545. The summed E-state index contributed by atoms with van der Waals surface area (Å²) >= 11 is 7.45. The highest BCUT2D eigenvalue weighted by atomic mass is 35.5. The fraction of sp³-hybridized carbons (Fsp3) is 0.353. The SMILES string of the molecule is CC1CC(CN)CN1C(=O)c1ccc(-c2ccc(Cl)cc2)s1. The van der Waals surface area contributed by atoms with E-state index in [4.69, 9.17) is 17.3 Å². The molecule has 3 rings (SSSR count). The lowest BCUT2D eigenvalue weighted by Crippen LogP contribution is -2.33. The summed E-state index contributed by atoms with van der Waals surface area (Å²) in [6, 6.07) is 11.9. The van der Waals surface area contributed by atoms with Gasteiger partial charge in [0.25, 0.3) is 5.91 Å². The van der Waals surface area contributed by atoms with Crippen molar-refractivity contribution in [2.75, 3.05) is 13.1 Å². The van der Waals surface area contributed by atoms with Gasteiger partial charge in [-0.1, -0.05) is 23.7 Å². The summed E-state index contributed by atoms with van der Waals surface area (Å²) in [6.07, 6.45) is 0.998. The van der Waals surface area contributed by atoms with Crippen molar-refractivity contribution < 1.29 is 4.79 Å². The van der Waals surface area contributed by atoms with Gasteiger partial charge in [-0.15, -0.1) is 11.3 Å². The number of hydrogen-bond acceptors (Lipinski definition) is 3. The second-order valence-corrected chi connectivity index (χ2v) is 7.33. The van der Waals surface area contributed by atoms with Crippen molar-refractivity contribution in [1.29, 1.82) is 0 Å². The van der Waals surface area contributed by atoms with E-state index in [1.54, 1.807) is 0 Å².